The highest BCUT2D eigenvalue weighted by Gasteiger charge is 2.44. The van der Waals surface area contributed by atoms with Gasteiger partial charge in [-0.05, 0) is 31.9 Å². The van der Waals surface area contributed by atoms with Crippen LogP contribution in [-0.4, -0.2) is 80.4 Å². The Labute approximate surface area is 179 Å². The van der Waals surface area contributed by atoms with Gasteiger partial charge < -0.3 is 23.8 Å². The number of hydrogen-bond acceptors (Lipinski definition) is 7. The van der Waals surface area contributed by atoms with Crippen molar-refractivity contribution in [1.29, 1.82) is 0 Å². The summed E-state index contributed by atoms with van der Waals surface area (Å²) in [6.45, 7) is 2.75. The molecule has 2 aliphatic heterocycles. The van der Waals surface area contributed by atoms with Gasteiger partial charge in [0.15, 0.2) is 17.5 Å². The number of likely N-dealkylation sites (tertiary alicyclic amines) is 1. The zero-order chi connectivity index (χ0) is 21.8. The molecule has 0 bridgehead atoms. The average molecular weight is 441 g/mol. The van der Waals surface area contributed by atoms with Crippen LogP contribution in [0.4, 0.5) is 4.79 Å². The first-order chi connectivity index (χ1) is 14.4. The third-order valence-corrected chi connectivity index (χ3v) is 5.71. The Bertz CT molecular complexity index is 824. The van der Waals surface area contributed by atoms with E-state index in [1.807, 2.05) is 0 Å². The number of ether oxygens (including phenoxy) is 4. The SMILES string of the molecule is CCOC(=O)C1COC(=O)N1C1CCN(C(=O)c2ccc(OC)c(OC)c2Cl)CC1. The summed E-state index contributed by atoms with van der Waals surface area (Å²) < 4.78 is 20.6. The number of nitrogens with zero attached hydrogens (tertiary/aromatic N) is 2. The van der Waals surface area contributed by atoms with Gasteiger partial charge in [0, 0.05) is 19.1 Å². The van der Waals surface area contributed by atoms with Crippen molar-refractivity contribution in [2.45, 2.75) is 31.8 Å². The number of cyclic esters (lactones) is 1. The van der Waals surface area contributed by atoms with Crippen molar-refractivity contribution in [3.63, 3.8) is 0 Å². The highest BCUT2D eigenvalue weighted by atomic mass is 35.5. The molecule has 9 nitrogen and oxygen atoms in total. The van der Waals surface area contributed by atoms with Crippen LogP contribution in [0, 0.1) is 0 Å². The number of piperidine rings is 1. The summed E-state index contributed by atoms with van der Waals surface area (Å²) in [6.07, 6.45) is 0.504. The van der Waals surface area contributed by atoms with E-state index in [9.17, 15) is 14.4 Å². The van der Waals surface area contributed by atoms with Crippen LogP contribution in [0.5, 0.6) is 11.5 Å². The van der Waals surface area contributed by atoms with Gasteiger partial charge in [0.1, 0.15) is 6.61 Å². The molecule has 0 N–H and O–H groups in total. The number of halogens is 1. The fourth-order valence-corrected chi connectivity index (χ4v) is 4.14. The van der Waals surface area contributed by atoms with Gasteiger partial charge in [0.05, 0.1) is 31.4 Å². The molecule has 2 amide bonds. The summed E-state index contributed by atoms with van der Waals surface area (Å²) in [5.41, 5.74) is 0.317. The minimum Gasteiger partial charge on any atom is -0.493 e. The summed E-state index contributed by atoms with van der Waals surface area (Å²) in [5.74, 6) is 0.0385. The van der Waals surface area contributed by atoms with Crippen LogP contribution < -0.4 is 9.47 Å². The lowest BCUT2D eigenvalue weighted by Gasteiger charge is -2.37. The average Bonchev–Trinajstić information content (AvgIpc) is 3.14. The molecule has 1 unspecified atom stereocenters. The molecule has 0 spiro atoms. The van der Waals surface area contributed by atoms with Crippen molar-refractivity contribution in [3.05, 3.63) is 22.7 Å². The van der Waals surface area contributed by atoms with E-state index < -0.39 is 18.1 Å². The van der Waals surface area contributed by atoms with E-state index in [0.29, 0.717) is 43.0 Å². The number of amides is 2. The maximum absolute atomic E-state index is 13.0. The summed E-state index contributed by atoms with van der Waals surface area (Å²) in [5, 5.41) is 0.189. The van der Waals surface area contributed by atoms with Gasteiger partial charge in [-0.25, -0.2) is 9.59 Å². The van der Waals surface area contributed by atoms with E-state index in [4.69, 9.17) is 30.5 Å². The number of carbonyl (C=O) groups excluding carboxylic acids is 3. The number of carbonyl (C=O) groups is 3. The van der Waals surface area contributed by atoms with Crippen molar-refractivity contribution in [2.75, 3.05) is 40.5 Å². The molecule has 3 rings (SSSR count). The molecule has 2 aliphatic rings. The highest BCUT2D eigenvalue weighted by Crippen LogP contribution is 2.38. The first kappa shape index (κ1) is 22.0. The predicted octanol–water partition coefficient (Wildman–Crippen LogP) is 2.35. The molecule has 164 valence electrons. The molecule has 10 heteroatoms. The molecule has 0 aromatic heterocycles. The largest absolute Gasteiger partial charge is 0.493 e. The van der Waals surface area contributed by atoms with Crippen LogP contribution in [0.2, 0.25) is 5.02 Å². The Morgan fingerprint density at radius 1 is 1.20 bits per heavy atom. The van der Waals surface area contributed by atoms with E-state index in [0.717, 1.165) is 0 Å². The molecular weight excluding hydrogens is 416 g/mol. The van der Waals surface area contributed by atoms with Crippen LogP contribution in [0.25, 0.3) is 0 Å². The molecular formula is C20H25ClN2O7. The zero-order valence-electron chi connectivity index (χ0n) is 17.2. The molecule has 0 saturated carbocycles. The fraction of sp³-hybridized carbons (Fsp3) is 0.550. The molecule has 30 heavy (non-hydrogen) atoms. The molecule has 0 radical (unpaired) electrons. The van der Waals surface area contributed by atoms with Gasteiger partial charge in [0.2, 0.25) is 0 Å². The van der Waals surface area contributed by atoms with Crippen molar-refractivity contribution in [3.8, 4) is 11.5 Å². The number of esters is 1. The Kier molecular flexibility index (Phi) is 6.91. The van der Waals surface area contributed by atoms with Crippen molar-refractivity contribution in [2.24, 2.45) is 0 Å². The van der Waals surface area contributed by atoms with Crippen LogP contribution in [0.3, 0.4) is 0 Å². The molecule has 1 atom stereocenters. The Morgan fingerprint density at radius 3 is 2.50 bits per heavy atom. The summed E-state index contributed by atoms with van der Waals surface area (Å²) in [7, 11) is 2.95. The van der Waals surface area contributed by atoms with Crippen LogP contribution in [0.15, 0.2) is 12.1 Å². The second-order valence-electron chi connectivity index (χ2n) is 6.94. The monoisotopic (exact) mass is 440 g/mol. The smallest absolute Gasteiger partial charge is 0.410 e. The Morgan fingerprint density at radius 2 is 1.90 bits per heavy atom. The minimum atomic E-state index is -0.745. The lowest BCUT2D eigenvalue weighted by atomic mass is 10.0. The zero-order valence-corrected chi connectivity index (χ0v) is 17.9. The van der Waals surface area contributed by atoms with E-state index >= 15 is 0 Å². The fourth-order valence-electron chi connectivity index (χ4n) is 3.83. The first-order valence-corrected chi connectivity index (χ1v) is 10.1. The van der Waals surface area contributed by atoms with Crippen molar-refractivity contribution < 1.29 is 33.3 Å². The second kappa shape index (κ2) is 9.42. The number of rotatable bonds is 6. The van der Waals surface area contributed by atoms with Gasteiger partial charge in [-0.15, -0.1) is 0 Å². The maximum atomic E-state index is 13.0. The van der Waals surface area contributed by atoms with E-state index in [1.165, 1.54) is 19.1 Å². The second-order valence-corrected chi connectivity index (χ2v) is 7.32. The molecule has 2 saturated heterocycles. The van der Waals surface area contributed by atoms with Gasteiger partial charge in [-0.2, -0.15) is 0 Å². The number of hydrogen-bond donors (Lipinski definition) is 0. The summed E-state index contributed by atoms with van der Waals surface area (Å²) in [4.78, 5) is 40.5. The molecule has 2 heterocycles. The Balaban J connectivity index is 1.69. The van der Waals surface area contributed by atoms with Crippen LogP contribution in [0.1, 0.15) is 30.1 Å². The summed E-state index contributed by atoms with van der Waals surface area (Å²) >= 11 is 6.37. The minimum absolute atomic E-state index is 0.0158. The first-order valence-electron chi connectivity index (χ1n) is 9.74. The predicted molar refractivity (Wildman–Crippen MR) is 107 cm³/mol. The van der Waals surface area contributed by atoms with E-state index in [2.05, 4.69) is 0 Å². The van der Waals surface area contributed by atoms with E-state index in [1.54, 1.807) is 24.0 Å². The molecule has 0 aliphatic carbocycles. The Hall–Kier alpha value is -2.68. The molecule has 2 fully saturated rings. The third kappa shape index (κ3) is 4.12. The molecule has 1 aromatic carbocycles. The van der Waals surface area contributed by atoms with E-state index in [-0.39, 0.29) is 30.2 Å². The topological polar surface area (TPSA) is 94.6 Å². The standard InChI is InChI=1S/C20H25ClN2O7/c1-4-29-19(25)14-11-30-20(26)23(14)12-7-9-22(10-8-12)18(24)13-5-6-15(27-2)17(28-3)16(13)21/h5-6,12,14H,4,7-11H2,1-3H3. The lowest BCUT2D eigenvalue weighted by molar-refractivity contribution is -0.148. The lowest BCUT2D eigenvalue weighted by Crippen LogP contribution is -2.52. The third-order valence-electron chi connectivity index (χ3n) is 5.33. The normalized spacial score (nSPS) is 19.5. The van der Waals surface area contributed by atoms with Gasteiger partial charge in [0.25, 0.3) is 5.91 Å². The molecule has 1 aromatic rings. The maximum Gasteiger partial charge on any atom is 0.410 e. The quantitative estimate of drug-likeness (QED) is 0.626. The van der Waals surface area contributed by atoms with Crippen molar-refractivity contribution >= 4 is 29.6 Å². The van der Waals surface area contributed by atoms with Gasteiger partial charge in [-0.3, -0.25) is 9.69 Å². The van der Waals surface area contributed by atoms with Gasteiger partial charge >= 0.3 is 12.1 Å². The van der Waals surface area contributed by atoms with Crippen LogP contribution in [-0.2, 0) is 14.3 Å². The number of benzene rings is 1. The number of methoxy groups -OCH3 is 2. The summed E-state index contributed by atoms with van der Waals surface area (Å²) in [6, 6.07) is 2.28. The van der Waals surface area contributed by atoms with Gasteiger partial charge in [-0.1, -0.05) is 11.6 Å². The van der Waals surface area contributed by atoms with Crippen molar-refractivity contribution in [1.82, 2.24) is 9.80 Å². The van der Waals surface area contributed by atoms with Crippen LogP contribution >= 0.6 is 11.6 Å². The highest BCUT2D eigenvalue weighted by molar-refractivity contribution is 6.35.